The van der Waals surface area contributed by atoms with Crippen LogP contribution in [0.4, 0.5) is 11.5 Å². The number of rotatable bonds is 2. The fourth-order valence-electron chi connectivity index (χ4n) is 2.78. The highest BCUT2D eigenvalue weighted by molar-refractivity contribution is 6.35. The molecular weight excluding hydrogens is 357 g/mol. The van der Waals surface area contributed by atoms with Gasteiger partial charge in [-0.25, -0.2) is 4.98 Å². The van der Waals surface area contributed by atoms with E-state index >= 15 is 0 Å². The van der Waals surface area contributed by atoms with E-state index in [2.05, 4.69) is 15.2 Å². The largest absolute Gasteiger partial charge is 0.505 e. The van der Waals surface area contributed by atoms with Crippen molar-refractivity contribution in [2.75, 3.05) is 0 Å². The zero-order valence-electron chi connectivity index (χ0n) is 12.8. The smallest absolute Gasteiger partial charge is 0.193 e. The molecule has 0 aliphatic rings. The number of azo groups is 1. The number of aromatic nitrogens is 1. The minimum absolute atomic E-state index is 0.0723. The molecule has 4 aromatic rings. The van der Waals surface area contributed by atoms with E-state index in [-0.39, 0.29) is 11.6 Å². The number of benzene rings is 3. The van der Waals surface area contributed by atoms with E-state index < -0.39 is 0 Å². The van der Waals surface area contributed by atoms with Gasteiger partial charge in [0.25, 0.3) is 0 Å². The summed E-state index contributed by atoms with van der Waals surface area (Å²) >= 11 is 11.9. The Morgan fingerprint density at radius 2 is 1.40 bits per heavy atom. The summed E-state index contributed by atoms with van der Waals surface area (Å²) in [6.45, 7) is 0. The highest BCUT2D eigenvalue weighted by atomic mass is 35.5. The molecule has 3 aromatic carbocycles. The third kappa shape index (κ3) is 2.80. The second-order valence-corrected chi connectivity index (χ2v) is 6.29. The van der Waals surface area contributed by atoms with Crippen LogP contribution in [0, 0.1) is 0 Å². The first kappa shape index (κ1) is 15.8. The standard InChI is InChI=1S/C19H11Cl2N3O/c20-11-9-16(21)19(22-10-11)24-23-17-14-7-3-1-5-12(14)13-6-2-4-8-15(13)18(17)25/h1-10,25H. The zero-order valence-corrected chi connectivity index (χ0v) is 14.3. The van der Waals surface area contributed by atoms with Gasteiger partial charge in [0.05, 0.1) is 10.0 Å². The third-order valence-corrected chi connectivity index (χ3v) is 4.40. The first-order chi connectivity index (χ1) is 12.1. The summed E-state index contributed by atoms with van der Waals surface area (Å²) in [6, 6.07) is 16.9. The number of fused-ring (bicyclic) bond motifs is 3. The van der Waals surface area contributed by atoms with Crippen LogP contribution in [-0.4, -0.2) is 10.1 Å². The van der Waals surface area contributed by atoms with Crippen LogP contribution in [0.25, 0.3) is 21.5 Å². The second kappa shape index (κ2) is 6.31. The monoisotopic (exact) mass is 367 g/mol. The van der Waals surface area contributed by atoms with Crippen molar-refractivity contribution in [3.8, 4) is 5.75 Å². The van der Waals surface area contributed by atoms with E-state index in [1.165, 1.54) is 6.20 Å². The molecule has 0 fully saturated rings. The van der Waals surface area contributed by atoms with Crippen molar-refractivity contribution >= 4 is 56.3 Å². The van der Waals surface area contributed by atoms with Gasteiger partial charge in [-0.1, -0.05) is 71.7 Å². The van der Waals surface area contributed by atoms with E-state index in [4.69, 9.17) is 23.2 Å². The Morgan fingerprint density at radius 1 is 0.800 bits per heavy atom. The van der Waals surface area contributed by atoms with Crippen molar-refractivity contribution in [2.45, 2.75) is 0 Å². The Kier molecular flexibility index (Phi) is 3.99. The average Bonchev–Trinajstić information content (AvgIpc) is 2.63. The van der Waals surface area contributed by atoms with Crippen molar-refractivity contribution in [3.05, 3.63) is 70.8 Å². The lowest BCUT2D eigenvalue weighted by Crippen LogP contribution is -1.81. The number of hydrogen-bond acceptors (Lipinski definition) is 4. The lowest BCUT2D eigenvalue weighted by Gasteiger charge is -2.09. The Balaban J connectivity index is 1.97. The molecule has 0 amide bonds. The van der Waals surface area contributed by atoms with Gasteiger partial charge in [-0.15, -0.1) is 10.2 Å². The van der Waals surface area contributed by atoms with Crippen LogP contribution in [-0.2, 0) is 0 Å². The van der Waals surface area contributed by atoms with E-state index in [9.17, 15) is 5.11 Å². The molecule has 0 unspecified atom stereocenters. The lowest BCUT2D eigenvalue weighted by molar-refractivity contribution is 0.483. The van der Waals surface area contributed by atoms with Crippen molar-refractivity contribution in [1.29, 1.82) is 0 Å². The summed E-state index contributed by atoms with van der Waals surface area (Å²) in [7, 11) is 0. The number of hydrogen-bond donors (Lipinski definition) is 1. The number of halogens is 2. The maximum absolute atomic E-state index is 10.7. The van der Waals surface area contributed by atoms with E-state index in [1.54, 1.807) is 6.07 Å². The minimum atomic E-state index is 0.0723. The summed E-state index contributed by atoms with van der Waals surface area (Å²) in [4.78, 5) is 4.06. The molecule has 1 heterocycles. The molecule has 122 valence electrons. The summed E-state index contributed by atoms with van der Waals surface area (Å²) in [5.74, 6) is 0.311. The van der Waals surface area contributed by atoms with Crippen molar-refractivity contribution < 1.29 is 5.11 Å². The van der Waals surface area contributed by atoms with Gasteiger partial charge in [-0.05, 0) is 16.8 Å². The van der Waals surface area contributed by atoms with Crippen LogP contribution in [0.2, 0.25) is 10.0 Å². The normalized spacial score (nSPS) is 11.6. The fourth-order valence-corrected chi connectivity index (χ4v) is 3.20. The van der Waals surface area contributed by atoms with Gasteiger partial charge in [-0.2, -0.15) is 0 Å². The summed E-state index contributed by atoms with van der Waals surface area (Å²) < 4.78 is 0. The van der Waals surface area contributed by atoms with Crippen LogP contribution in [0.3, 0.4) is 0 Å². The molecule has 0 bridgehead atoms. The van der Waals surface area contributed by atoms with Crippen LogP contribution < -0.4 is 0 Å². The van der Waals surface area contributed by atoms with Gasteiger partial charge < -0.3 is 5.11 Å². The third-order valence-electron chi connectivity index (χ3n) is 3.91. The molecule has 1 N–H and O–H groups in total. The first-order valence-corrected chi connectivity index (χ1v) is 8.26. The van der Waals surface area contributed by atoms with Crippen molar-refractivity contribution in [3.63, 3.8) is 0 Å². The Morgan fingerprint density at radius 3 is 2.08 bits per heavy atom. The molecule has 0 spiro atoms. The Hall–Kier alpha value is -2.69. The number of phenols is 1. The molecule has 6 heteroatoms. The molecule has 4 rings (SSSR count). The maximum atomic E-state index is 10.7. The highest BCUT2D eigenvalue weighted by Gasteiger charge is 2.13. The predicted octanol–water partition coefficient (Wildman–Crippen LogP) is 6.82. The number of phenolic OH excluding ortho intramolecular Hbond substituents is 1. The SMILES string of the molecule is Oc1c(N=Nc2ncc(Cl)cc2Cl)c2ccccc2c2ccccc12. The second-order valence-electron chi connectivity index (χ2n) is 5.45. The molecular formula is C19H11Cl2N3O. The quantitative estimate of drug-likeness (QED) is 0.312. The van der Waals surface area contributed by atoms with Gasteiger partial charge >= 0.3 is 0 Å². The Bertz CT molecular complexity index is 1140. The van der Waals surface area contributed by atoms with Gasteiger partial charge in [0.15, 0.2) is 11.6 Å². The van der Waals surface area contributed by atoms with Crippen LogP contribution in [0.15, 0.2) is 71.0 Å². The van der Waals surface area contributed by atoms with Crippen LogP contribution >= 0.6 is 23.2 Å². The van der Waals surface area contributed by atoms with Crippen LogP contribution in [0.5, 0.6) is 5.75 Å². The lowest BCUT2D eigenvalue weighted by atomic mass is 9.99. The van der Waals surface area contributed by atoms with E-state index in [1.807, 2.05) is 48.5 Å². The van der Waals surface area contributed by atoms with E-state index in [0.717, 1.165) is 16.2 Å². The molecule has 0 aliphatic heterocycles. The number of nitrogens with zero attached hydrogens (tertiary/aromatic N) is 3. The highest BCUT2D eigenvalue weighted by Crippen LogP contribution is 2.43. The maximum Gasteiger partial charge on any atom is 0.193 e. The molecule has 0 radical (unpaired) electrons. The minimum Gasteiger partial charge on any atom is -0.505 e. The van der Waals surface area contributed by atoms with Crippen LogP contribution in [0.1, 0.15) is 0 Å². The van der Waals surface area contributed by atoms with Crippen molar-refractivity contribution in [2.24, 2.45) is 10.2 Å². The van der Waals surface area contributed by atoms with Gasteiger partial charge in [0.1, 0.15) is 5.69 Å². The van der Waals surface area contributed by atoms with Crippen molar-refractivity contribution in [1.82, 2.24) is 4.98 Å². The Labute approximate surface area is 153 Å². The topological polar surface area (TPSA) is 57.8 Å². The first-order valence-electron chi connectivity index (χ1n) is 7.50. The molecule has 0 saturated carbocycles. The molecule has 0 atom stereocenters. The molecule has 1 aromatic heterocycles. The molecule has 0 saturated heterocycles. The summed E-state index contributed by atoms with van der Waals surface area (Å²) in [6.07, 6.45) is 1.44. The molecule has 25 heavy (non-hydrogen) atoms. The molecule has 0 aliphatic carbocycles. The van der Waals surface area contributed by atoms with Gasteiger partial charge in [-0.3, -0.25) is 0 Å². The summed E-state index contributed by atoms with van der Waals surface area (Å²) in [5, 5.41) is 23.2. The zero-order chi connectivity index (χ0) is 17.4. The molecule has 4 nitrogen and oxygen atoms in total. The fraction of sp³-hybridized carbons (Fsp3) is 0. The predicted molar refractivity (Wildman–Crippen MR) is 102 cm³/mol. The van der Waals surface area contributed by atoms with E-state index in [0.29, 0.717) is 21.1 Å². The van der Waals surface area contributed by atoms with Gasteiger partial charge in [0.2, 0.25) is 0 Å². The van der Waals surface area contributed by atoms with Gasteiger partial charge in [0, 0.05) is 17.0 Å². The number of pyridine rings is 1. The average molecular weight is 368 g/mol. The summed E-state index contributed by atoms with van der Waals surface area (Å²) in [5.41, 5.74) is 0.377. The number of aromatic hydroxyl groups is 1.